The summed E-state index contributed by atoms with van der Waals surface area (Å²) in [6, 6.07) is 8.44. The summed E-state index contributed by atoms with van der Waals surface area (Å²) < 4.78 is 4.50. The highest BCUT2D eigenvalue weighted by molar-refractivity contribution is 7.09. The molecule has 0 aliphatic carbocycles. The predicted molar refractivity (Wildman–Crippen MR) is 105 cm³/mol. The van der Waals surface area contributed by atoms with E-state index in [4.69, 9.17) is 9.82 Å². The Kier molecular flexibility index (Phi) is 8.50. The number of hydrogen-bond donors (Lipinski definition) is 1. The number of carbonyl (C=O) groups is 1. The summed E-state index contributed by atoms with van der Waals surface area (Å²) in [6.07, 6.45) is 3.25. The van der Waals surface area contributed by atoms with Crippen molar-refractivity contribution in [3.8, 4) is 0 Å². The second kappa shape index (κ2) is 10.9. The van der Waals surface area contributed by atoms with Crippen LogP contribution in [-0.2, 0) is 16.1 Å². The van der Waals surface area contributed by atoms with E-state index in [0.29, 0.717) is 19.6 Å². The lowest BCUT2D eigenvalue weighted by Crippen LogP contribution is -2.31. The number of hydroxylamine groups is 1. The van der Waals surface area contributed by atoms with Crippen LogP contribution in [0, 0.1) is 6.92 Å². The van der Waals surface area contributed by atoms with Crippen molar-refractivity contribution in [1.82, 2.24) is 14.8 Å². The second-order valence-corrected chi connectivity index (χ2v) is 6.93. The number of unbranched alkanes of at least 4 members (excludes halogenated alkanes) is 1. The van der Waals surface area contributed by atoms with Crippen molar-refractivity contribution in [3.05, 3.63) is 41.2 Å². The lowest BCUT2D eigenvalue weighted by atomic mass is 10.1. The summed E-state index contributed by atoms with van der Waals surface area (Å²) in [5.74, 6) is 0.715. The summed E-state index contributed by atoms with van der Waals surface area (Å²) in [7, 11) is 0. The summed E-state index contributed by atoms with van der Waals surface area (Å²) in [5.41, 5.74) is 4.89. The van der Waals surface area contributed by atoms with Gasteiger partial charge in [0.25, 0.3) is 0 Å². The Hall–Kier alpha value is -1.99. The molecule has 2 rings (SSSR count). The molecule has 142 valence electrons. The Balaban J connectivity index is 1.97. The molecule has 0 saturated carbocycles. The third kappa shape index (κ3) is 6.72. The Bertz CT molecular complexity index is 672. The van der Waals surface area contributed by atoms with E-state index in [9.17, 15) is 4.79 Å². The van der Waals surface area contributed by atoms with Crippen molar-refractivity contribution in [2.75, 3.05) is 24.6 Å². The fraction of sp³-hybridized carbons (Fsp3) is 0.526. The summed E-state index contributed by atoms with van der Waals surface area (Å²) in [5, 5.41) is 0.879. The van der Waals surface area contributed by atoms with E-state index in [2.05, 4.69) is 52.9 Å². The van der Waals surface area contributed by atoms with Crippen LogP contribution >= 0.6 is 11.5 Å². The zero-order valence-electron chi connectivity index (χ0n) is 15.8. The number of nitrogens with one attached hydrogen (secondary N) is 1. The average Bonchev–Trinajstić information content (AvgIpc) is 3.10. The first-order valence-corrected chi connectivity index (χ1v) is 9.93. The summed E-state index contributed by atoms with van der Waals surface area (Å²) in [4.78, 5) is 23.6. The number of hydrogen-bond acceptors (Lipinski definition) is 6. The molecule has 26 heavy (non-hydrogen) atoms. The monoisotopic (exact) mass is 376 g/mol. The van der Waals surface area contributed by atoms with E-state index in [0.717, 1.165) is 36.8 Å². The molecule has 0 saturated heterocycles. The van der Waals surface area contributed by atoms with Crippen molar-refractivity contribution in [3.63, 3.8) is 0 Å². The van der Waals surface area contributed by atoms with Crippen molar-refractivity contribution in [1.29, 1.82) is 0 Å². The van der Waals surface area contributed by atoms with Crippen LogP contribution in [0.3, 0.4) is 0 Å². The van der Waals surface area contributed by atoms with Gasteiger partial charge in [-0.2, -0.15) is 4.37 Å². The molecule has 1 N–H and O–H groups in total. The molecule has 1 aromatic heterocycles. The third-order valence-corrected chi connectivity index (χ3v) is 4.75. The normalized spacial score (nSPS) is 10.7. The molecule has 0 aliphatic heterocycles. The molecular weight excluding hydrogens is 348 g/mol. The molecule has 1 amide bonds. The summed E-state index contributed by atoms with van der Waals surface area (Å²) in [6.45, 7) is 8.02. The van der Waals surface area contributed by atoms with E-state index in [1.807, 2.05) is 6.92 Å². The van der Waals surface area contributed by atoms with Crippen molar-refractivity contribution >= 4 is 22.6 Å². The van der Waals surface area contributed by atoms with Gasteiger partial charge in [0.1, 0.15) is 5.82 Å². The largest absolute Gasteiger partial charge is 0.346 e. The number of anilines is 1. The lowest BCUT2D eigenvalue weighted by Gasteiger charge is -2.20. The van der Waals surface area contributed by atoms with Gasteiger partial charge in [0.05, 0.1) is 6.61 Å². The van der Waals surface area contributed by atoms with E-state index in [1.165, 1.54) is 22.7 Å². The molecule has 1 aromatic carbocycles. The average molecular weight is 377 g/mol. The van der Waals surface area contributed by atoms with Crippen molar-refractivity contribution in [2.24, 2.45) is 0 Å². The SMILES string of the molecule is CCCCN(CCC(=O)NOCC)c1nc(Cc2ccc(C)cc2)ns1. The zero-order valence-corrected chi connectivity index (χ0v) is 16.6. The highest BCUT2D eigenvalue weighted by atomic mass is 32.1. The highest BCUT2D eigenvalue weighted by Gasteiger charge is 2.14. The van der Waals surface area contributed by atoms with Gasteiger partial charge in [0.15, 0.2) is 0 Å². The van der Waals surface area contributed by atoms with Crippen LogP contribution in [0.2, 0.25) is 0 Å². The van der Waals surface area contributed by atoms with Gasteiger partial charge >= 0.3 is 0 Å². The first-order valence-electron chi connectivity index (χ1n) is 9.16. The molecule has 1 heterocycles. The predicted octanol–water partition coefficient (Wildman–Crippen LogP) is 3.50. The van der Waals surface area contributed by atoms with E-state index in [1.54, 1.807) is 0 Å². The Morgan fingerprint density at radius 1 is 1.23 bits per heavy atom. The van der Waals surface area contributed by atoms with Gasteiger partial charge in [-0.05, 0) is 25.8 Å². The number of carbonyl (C=O) groups excluding carboxylic acids is 1. The molecule has 0 aliphatic rings. The number of aromatic nitrogens is 2. The molecule has 0 spiro atoms. The standard InChI is InChI=1S/C19H28N4O2S/c1-4-6-12-23(13-11-18(24)21-25-5-2)19-20-17(22-26-19)14-16-9-7-15(3)8-10-16/h7-10H,4-6,11-14H2,1-3H3,(H,21,24). The lowest BCUT2D eigenvalue weighted by molar-refractivity contribution is -0.132. The van der Waals surface area contributed by atoms with Crippen molar-refractivity contribution < 1.29 is 9.63 Å². The smallest absolute Gasteiger partial charge is 0.245 e. The summed E-state index contributed by atoms with van der Waals surface area (Å²) >= 11 is 1.40. The first-order chi connectivity index (χ1) is 12.6. The van der Waals surface area contributed by atoms with Crippen LogP contribution in [0.4, 0.5) is 5.13 Å². The minimum atomic E-state index is -0.113. The van der Waals surface area contributed by atoms with E-state index in [-0.39, 0.29) is 5.91 Å². The molecular formula is C19H28N4O2S. The first kappa shape index (κ1) is 20.3. The van der Waals surface area contributed by atoms with E-state index >= 15 is 0 Å². The minimum absolute atomic E-state index is 0.113. The van der Waals surface area contributed by atoms with Gasteiger partial charge in [-0.1, -0.05) is 43.2 Å². The topological polar surface area (TPSA) is 67.4 Å². The highest BCUT2D eigenvalue weighted by Crippen LogP contribution is 2.20. The molecule has 6 nitrogen and oxygen atoms in total. The van der Waals surface area contributed by atoms with Gasteiger partial charge < -0.3 is 4.90 Å². The van der Waals surface area contributed by atoms with Crippen LogP contribution in [-0.4, -0.2) is 35.0 Å². The minimum Gasteiger partial charge on any atom is -0.346 e. The maximum Gasteiger partial charge on any atom is 0.245 e. The Morgan fingerprint density at radius 2 is 2.00 bits per heavy atom. The fourth-order valence-corrected chi connectivity index (χ4v) is 3.16. The van der Waals surface area contributed by atoms with Gasteiger partial charge in [0, 0.05) is 37.5 Å². The maximum absolute atomic E-state index is 11.8. The van der Waals surface area contributed by atoms with Gasteiger partial charge in [0.2, 0.25) is 11.0 Å². The Morgan fingerprint density at radius 3 is 2.69 bits per heavy atom. The quantitative estimate of drug-likeness (QED) is 0.608. The third-order valence-electron chi connectivity index (χ3n) is 3.93. The van der Waals surface area contributed by atoms with Gasteiger partial charge in [-0.3, -0.25) is 9.63 Å². The number of aryl methyl sites for hydroxylation is 1. The van der Waals surface area contributed by atoms with Crippen molar-refractivity contribution in [2.45, 2.75) is 46.5 Å². The van der Waals surface area contributed by atoms with Gasteiger partial charge in [-0.25, -0.2) is 10.5 Å². The fourth-order valence-electron chi connectivity index (χ4n) is 2.43. The molecule has 2 aromatic rings. The maximum atomic E-state index is 11.8. The second-order valence-electron chi connectivity index (χ2n) is 6.20. The number of benzene rings is 1. The van der Waals surface area contributed by atoms with Crippen LogP contribution in [0.25, 0.3) is 0 Å². The molecule has 0 radical (unpaired) electrons. The van der Waals surface area contributed by atoms with E-state index < -0.39 is 0 Å². The molecule has 7 heteroatoms. The van der Waals surface area contributed by atoms with Crippen LogP contribution in [0.5, 0.6) is 0 Å². The van der Waals surface area contributed by atoms with Crippen LogP contribution in [0.15, 0.2) is 24.3 Å². The number of rotatable bonds is 11. The van der Waals surface area contributed by atoms with Crippen LogP contribution < -0.4 is 10.4 Å². The number of amides is 1. The zero-order chi connectivity index (χ0) is 18.8. The van der Waals surface area contributed by atoms with Gasteiger partial charge in [-0.15, -0.1) is 0 Å². The van der Waals surface area contributed by atoms with Crippen LogP contribution in [0.1, 0.15) is 50.1 Å². The molecule has 0 unspecified atom stereocenters. The molecule has 0 bridgehead atoms. The molecule has 0 atom stereocenters. The number of nitrogens with zero attached hydrogens (tertiary/aromatic N) is 3. The Labute approximate surface area is 159 Å². The molecule has 0 fully saturated rings.